The lowest BCUT2D eigenvalue weighted by Gasteiger charge is -2.34. The minimum atomic E-state index is -4.49. The van der Waals surface area contributed by atoms with E-state index in [2.05, 4.69) is 41.6 Å². The molecule has 0 bridgehead atoms. The lowest BCUT2D eigenvalue weighted by Crippen LogP contribution is -2.47. The summed E-state index contributed by atoms with van der Waals surface area (Å²) in [4.78, 5) is 31.8. The molecule has 2 aliphatic carbocycles. The Hall–Kier alpha value is -4.32. The van der Waals surface area contributed by atoms with Crippen LogP contribution in [-0.2, 0) is 10.2 Å². The fourth-order valence-electron chi connectivity index (χ4n) is 8.23. The minimum absolute atomic E-state index is 0.160. The van der Waals surface area contributed by atoms with Crippen molar-refractivity contribution >= 4 is 29.0 Å². The Bertz CT molecular complexity index is 1950. The van der Waals surface area contributed by atoms with Crippen LogP contribution >= 0.6 is 11.8 Å². The van der Waals surface area contributed by atoms with Crippen LogP contribution < -0.4 is 5.32 Å². The first-order valence-corrected chi connectivity index (χ1v) is 19.5. The van der Waals surface area contributed by atoms with Crippen LogP contribution in [0.15, 0.2) is 113 Å². The number of halogens is 3. The van der Waals surface area contributed by atoms with Crippen LogP contribution in [0.25, 0.3) is 5.57 Å². The molecule has 1 amide bonds. The number of nitrogens with one attached hydrogen (secondary N) is 1. The van der Waals surface area contributed by atoms with E-state index < -0.39 is 24.0 Å². The Labute approximate surface area is 316 Å². The average molecular weight is 737 g/mol. The molecule has 1 aliphatic heterocycles. The molecule has 1 N–H and O–H groups in total. The maximum Gasteiger partial charge on any atom is 0.405 e. The van der Waals surface area contributed by atoms with E-state index in [0.29, 0.717) is 25.2 Å². The van der Waals surface area contributed by atoms with Gasteiger partial charge in [-0.1, -0.05) is 110 Å². The topological polar surface area (TPSA) is 49.4 Å². The third kappa shape index (κ3) is 8.91. The molecule has 0 spiro atoms. The second-order valence-corrected chi connectivity index (χ2v) is 15.5. The number of ketones is 1. The van der Waals surface area contributed by atoms with Gasteiger partial charge in [0.25, 0.3) is 0 Å². The molecular formula is C45H47F3N2O2S. The van der Waals surface area contributed by atoms with E-state index in [-0.39, 0.29) is 11.7 Å². The zero-order valence-electron chi connectivity index (χ0n) is 30.3. The van der Waals surface area contributed by atoms with E-state index in [1.165, 1.54) is 0 Å². The van der Waals surface area contributed by atoms with Crippen LogP contribution in [0.1, 0.15) is 85.3 Å². The lowest BCUT2D eigenvalue weighted by molar-refractivity contribution is -0.141. The summed E-state index contributed by atoms with van der Waals surface area (Å²) in [7, 11) is 0. The first kappa shape index (κ1) is 38.4. The number of nitrogens with zero attached hydrogens (tertiary/aromatic N) is 1. The van der Waals surface area contributed by atoms with Crippen molar-refractivity contribution in [2.75, 3.05) is 26.2 Å². The van der Waals surface area contributed by atoms with Gasteiger partial charge in [-0.25, -0.2) is 0 Å². The molecule has 1 saturated heterocycles. The monoisotopic (exact) mass is 736 g/mol. The lowest BCUT2D eigenvalue weighted by atomic mass is 9.71. The van der Waals surface area contributed by atoms with E-state index in [0.717, 1.165) is 94.9 Å². The number of Topliss-reactive ketones (excluding diaryl/α,β-unsaturated/α-hetero) is 1. The van der Waals surface area contributed by atoms with E-state index in [9.17, 15) is 22.8 Å². The summed E-state index contributed by atoms with van der Waals surface area (Å²) in [5.74, 6) is 6.31. The highest BCUT2D eigenvalue weighted by molar-refractivity contribution is 7.99. The number of carbonyl (C=O) groups excluding carboxylic acids is 2. The molecule has 2 atom stereocenters. The summed E-state index contributed by atoms with van der Waals surface area (Å²) in [5, 5.41) is 2.27. The van der Waals surface area contributed by atoms with Crippen molar-refractivity contribution < 1.29 is 22.8 Å². The summed E-state index contributed by atoms with van der Waals surface area (Å²) < 4.78 is 39.9. The number of carbonyl (C=O) groups is 2. The number of hydrogen-bond acceptors (Lipinski definition) is 4. The third-order valence-electron chi connectivity index (χ3n) is 10.9. The van der Waals surface area contributed by atoms with Crippen molar-refractivity contribution in [2.45, 2.75) is 79.7 Å². The maximum absolute atomic E-state index is 13.9. The Morgan fingerprint density at radius 3 is 2.49 bits per heavy atom. The van der Waals surface area contributed by atoms with E-state index in [4.69, 9.17) is 0 Å². The molecule has 8 heteroatoms. The first-order valence-electron chi connectivity index (χ1n) is 18.7. The zero-order chi connectivity index (χ0) is 37.4. The average Bonchev–Trinajstić information content (AvgIpc) is 3.46. The van der Waals surface area contributed by atoms with Crippen molar-refractivity contribution in [2.24, 2.45) is 11.8 Å². The molecule has 6 rings (SSSR count). The van der Waals surface area contributed by atoms with Crippen LogP contribution in [-0.4, -0.2) is 48.9 Å². The van der Waals surface area contributed by atoms with Crippen molar-refractivity contribution in [1.29, 1.82) is 0 Å². The van der Waals surface area contributed by atoms with Gasteiger partial charge in [-0.15, -0.1) is 0 Å². The largest absolute Gasteiger partial charge is 0.405 e. The van der Waals surface area contributed by atoms with Crippen LogP contribution in [0.5, 0.6) is 0 Å². The number of allylic oxidation sites excluding steroid dienone is 4. The summed E-state index contributed by atoms with van der Waals surface area (Å²) >= 11 is 1.57. The number of fused-ring (bicyclic) bond motifs is 2. The number of alkyl halides is 3. The first-order chi connectivity index (χ1) is 25.6. The Morgan fingerprint density at radius 1 is 1.00 bits per heavy atom. The number of hydrogen-bond donors (Lipinski definition) is 1. The molecule has 3 aromatic carbocycles. The predicted molar refractivity (Wildman–Crippen MR) is 208 cm³/mol. The summed E-state index contributed by atoms with van der Waals surface area (Å²) in [5.41, 5.74) is 4.28. The number of benzene rings is 3. The van der Waals surface area contributed by atoms with Gasteiger partial charge < -0.3 is 10.2 Å². The van der Waals surface area contributed by atoms with Crippen molar-refractivity contribution in [3.8, 4) is 11.8 Å². The molecule has 1 heterocycles. The van der Waals surface area contributed by atoms with E-state index in [1.807, 2.05) is 78.9 Å². The molecule has 3 aliphatic rings. The maximum atomic E-state index is 13.9. The zero-order valence-corrected chi connectivity index (χ0v) is 31.1. The SMILES string of the molecule is C=CC#Cc1ccccc1Sc1ccccc1C(=O)CCC1CCN(CCCCC2(C(=O)NCC(F)(F)F)C3=C(c4ccccc42)C(C)CC=C3)CC1. The molecular weight excluding hydrogens is 690 g/mol. The molecule has 0 aromatic heterocycles. The van der Waals surface area contributed by atoms with Gasteiger partial charge in [-0.05, 0) is 117 Å². The molecule has 2 unspecified atom stereocenters. The van der Waals surface area contributed by atoms with E-state index in [1.54, 1.807) is 17.8 Å². The molecule has 276 valence electrons. The quantitative estimate of drug-likeness (QED) is 0.108. The molecule has 53 heavy (non-hydrogen) atoms. The van der Waals surface area contributed by atoms with Gasteiger partial charge in [-0.3, -0.25) is 9.59 Å². The Kier molecular flexibility index (Phi) is 12.5. The number of piperidine rings is 1. The highest BCUT2D eigenvalue weighted by Crippen LogP contribution is 2.54. The standard InChI is InChI=1S/C45H47F3N2O2S/c1-3-4-15-34-16-5-9-21-40(34)53-41-22-10-7-18-36(41)39(51)24-23-33-25-29-50(30-26-33)28-12-11-27-44(43(52)49-31-45(46,47)48)37-19-8-6-17-35(37)42-32(2)14-13-20-38(42)44/h3,5-10,13,16-22,32-33H,1,11-12,14,23-31H2,2H3,(H,49,52). The van der Waals surface area contributed by atoms with Gasteiger partial charge in [0.15, 0.2) is 5.78 Å². The summed E-state index contributed by atoms with van der Waals surface area (Å²) in [6.07, 6.45) is 7.38. The van der Waals surface area contributed by atoms with Crippen LogP contribution in [0, 0.1) is 23.7 Å². The molecule has 1 fully saturated rings. The van der Waals surface area contributed by atoms with Gasteiger partial charge in [0.05, 0.1) is 5.41 Å². The van der Waals surface area contributed by atoms with E-state index >= 15 is 0 Å². The van der Waals surface area contributed by atoms with Gasteiger partial charge >= 0.3 is 6.18 Å². The van der Waals surface area contributed by atoms with Gasteiger partial charge in [0, 0.05) is 27.3 Å². The number of rotatable bonds is 13. The van der Waals surface area contributed by atoms with Crippen LogP contribution in [0.2, 0.25) is 0 Å². The second-order valence-electron chi connectivity index (χ2n) is 14.4. The van der Waals surface area contributed by atoms with Crippen molar-refractivity contribution in [3.63, 3.8) is 0 Å². The smallest absolute Gasteiger partial charge is 0.346 e. The summed E-state index contributed by atoms with van der Waals surface area (Å²) in [6.45, 7) is 7.24. The van der Waals surface area contributed by atoms with Crippen LogP contribution in [0.4, 0.5) is 13.2 Å². The van der Waals surface area contributed by atoms with Gasteiger partial charge in [-0.2, -0.15) is 13.2 Å². The fourth-order valence-corrected chi connectivity index (χ4v) is 9.28. The van der Waals surface area contributed by atoms with Gasteiger partial charge in [0.1, 0.15) is 6.54 Å². The molecule has 3 aromatic rings. The van der Waals surface area contributed by atoms with Crippen molar-refractivity contribution in [1.82, 2.24) is 10.2 Å². The second kappa shape index (κ2) is 17.2. The van der Waals surface area contributed by atoms with Crippen LogP contribution in [0.3, 0.4) is 0 Å². The normalized spacial score (nSPS) is 20.0. The Balaban J connectivity index is 1.02. The summed E-state index contributed by atoms with van der Waals surface area (Å²) in [6, 6.07) is 23.5. The minimum Gasteiger partial charge on any atom is -0.346 e. The fraction of sp³-hybridized carbons (Fsp3) is 0.378. The molecule has 0 saturated carbocycles. The number of amides is 1. The van der Waals surface area contributed by atoms with Crippen molar-refractivity contribution in [3.05, 3.63) is 125 Å². The highest BCUT2D eigenvalue weighted by Gasteiger charge is 2.51. The number of likely N-dealkylation sites (tertiary alicyclic amines) is 1. The highest BCUT2D eigenvalue weighted by atomic mass is 32.2. The number of unbranched alkanes of at least 4 members (excludes halogenated alkanes) is 1. The van der Waals surface area contributed by atoms with Gasteiger partial charge in [0.2, 0.25) is 5.91 Å². The molecule has 0 radical (unpaired) electrons. The predicted octanol–water partition coefficient (Wildman–Crippen LogP) is 10.2. The third-order valence-corrected chi connectivity index (χ3v) is 12.0. The Morgan fingerprint density at radius 2 is 1.72 bits per heavy atom. The molecule has 4 nitrogen and oxygen atoms in total.